The van der Waals surface area contributed by atoms with Gasteiger partial charge in [0.25, 0.3) is 11.8 Å². The Kier molecular flexibility index (Phi) is 5.76. The summed E-state index contributed by atoms with van der Waals surface area (Å²) in [6, 6.07) is 32.7. The second kappa shape index (κ2) is 9.55. The molecule has 6 aromatic rings. The van der Waals surface area contributed by atoms with Crippen LogP contribution < -0.4 is 4.90 Å². The molecule has 5 aromatic carbocycles. The number of carbonyl (C=O) groups excluding carboxylic acids is 2. The van der Waals surface area contributed by atoms with Crippen LogP contribution >= 0.6 is 0 Å². The number of imide groups is 1. The van der Waals surface area contributed by atoms with Crippen LogP contribution in [-0.4, -0.2) is 16.4 Å². The van der Waals surface area contributed by atoms with E-state index in [4.69, 9.17) is 0 Å². The second-order valence-corrected chi connectivity index (χ2v) is 11.0. The summed E-state index contributed by atoms with van der Waals surface area (Å²) >= 11 is 0. The van der Waals surface area contributed by atoms with Gasteiger partial charge in [0.1, 0.15) is 0 Å². The Morgan fingerprint density at radius 2 is 1.28 bits per heavy atom. The Bertz CT molecular complexity index is 2240. The van der Waals surface area contributed by atoms with Gasteiger partial charge in [-0.25, -0.2) is 4.90 Å². The van der Waals surface area contributed by atoms with E-state index in [9.17, 15) is 20.1 Å². The highest BCUT2D eigenvalue weighted by Gasteiger charge is 2.40. The number of nitrogens with zero attached hydrogens (tertiary/aromatic N) is 4. The topological polar surface area (TPSA) is 89.9 Å². The fourth-order valence-corrected chi connectivity index (χ4v) is 6.60. The lowest BCUT2D eigenvalue weighted by atomic mass is 9.98. The Morgan fingerprint density at radius 3 is 1.98 bits per heavy atom. The van der Waals surface area contributed by atoms with E-state index in [1.54, 1.807) is 24.3 Å². The second-order valence-electron chi connectivity index (χ2n) is 11.0. The van der Waals surface area contributed by atoms with Crippen molar-refractivity contribution in [2.75, 3.05) is 4.90 Å². The molecular weight excluding hydrogens is 532 g/mol. The van der Waals surface area contributed by atoms with E-state index in [1.807, 2.05) is 92.1 Å². The molecule has 6 heteroatoms. The third-order valence-electron chi connectivity index (χ3n) is 8.19. The first kappa shape index (κ1) is 26.0. The summed E-state index contributed by atoms with van der Waals surface area (Å²) in [5.74, 6) is -0.717. The minimum atomic E-state index is -0.368. The fraction of sp³-hybridized carbons (Fsp3) is 0.0811. The SMILES string of the molecule is Cc1cc(C)c(N2C(=O)c3cccc(-n4c5ccccc5c5cccc(-c6cc(C#N)cc(C#N)c6)c54)c3C2=O)c(C)c1. The van der Waals surface area contributed by atoms with Crippen molar-refractivity contribution in [2.45, 2.75) is 20.8 Å². The van der Waals surface area contributed by atoms with Crippen LogP contribution in [0.3, 0.4) is 0 Å². The molecule has 0 saturated heterocycles. The molecule has 0 atom stereocenters. The van der Waals surface area contributed by atoms with Gasteiger partial charge in [-0.1, -0.05) is 60.2 Å². The first-order valence-electron chi connectivity index (χ1n) is 13.9. The molecule has 2 amide bonds. The molecule has 0 aliphatic carbocycles. The van der Waals surface area contributed by atoms with Gasteiger partial charge in [0.15, 0.2) is 0 Å². The molecule has 0 radical (unpaired) electrons. The van der Waals surface area contributed by atoms with Crippen molar-refractivity contribution in [3.63, 3.8) is 0 Å². The van der Waals surface area contributed by atoms with E-state index in [-0.39, 0.29) is 11.8 Å². The number of amides is 2. The van der Waals surface area contributed by atoms with E-state index in [0.717, 1.165) is 44.1 Å². The highest BCUT2D eigenvalue weighted by Crippen LogP contribution is 2.42. The smallest absolute Gasteiger partial charge is 0.268 e. The van der Waals surface area contributed by atoms with Crippen molar-refractivity contribution < 1.29 is 9.59 Å². The van der Waals surface area contributed by atoms with Gasteiger partial charge in [0, 0.05) is 16.3 Å². The molecule has 0 N–H and O–H groups in total. The molecule has 0 fully saturated rings. The normalized spacial score (nSPS) is 12.5. The zero-order valence-corrected chi connectivity index (χ0v) is 23.8. The Balaban J connectivity index is 1.55. The highest BCUT2D eigenvalue weighted by atomic mass is 16.2. The molecule has 1 aliphatic heterocycles. The Morgan fingerprint density at radius 1 is 0.651 bits per heavy atom. The lowest BCUT2D eigenvalue weighted by Crippen LogP contribution is -2.31. The molecule has 0 spiro atoms. The fourth-order valence-electron chi connectivity index (χ4n) is 6.60. The maximum Gasteiger partial charge on any atom is 0.268 e. The van der Waals surface area contributed by atoms with E-state index in [2.05, 4.69) is 12.1 Å². The molecular formula is C37H24N4O2. The van der Waals surface area contributed by atoms with Crippen LogP contribution in [0.25, 0.3) is 38.6 Å². The number of hydrogen-bond acceptors (Lipinski definition) is 4. The van der Waals surface area contributed by atoms with E-state index < -0.39 is 0 Å². The van der Waals surface area contributed by atoms with Crippen molar-refractivity contribution in [1.82, 2.24) is 4.57 Å². The van der Waals surface area contributed by atoms with Crippen molar-refractivity contribution in [3.05, 3.63) is 130 Å². The van der Waals surface area contributed by atoms with Crippen LogP contribution in [0.5, 0.6) is 0 Å². The Labute approximate surface area is 248 Å². The minimum Gasteiger partial charge on any atom is -0.308 e. The van der Waals surface area contributed by atoms with Crippen molar-refractivity contribution in [1.29, 1.82) is 10.5 Å². The lowest BCUT2D eigenvalue weighted by Gasteiger charge is -2.20. The number of rotatable bonds is 3. The van der Waals surface area contributed by atoms with Crippen LogP contribution in [0.4, 0.5) is 5.69 Å². The number of anilines is 1. The predicted octanol–water partition coefficient (Wildman–Crippen LogP) is 7.92. The number of carbonyl (C=O) groups is 2. The molecule has 1 aliphatic rings. The van der Waals surface area contributed by atoms with Gasteiger partial charge in [-0.05, 0) is 73.9 Å². The number of hydrogen-bond donors (Lipinski definition) is 0. The van der Waals surface area contributed by atoms with Gasteiger partial charge in [-0.3, -0.25) is 9.59 Å². The summed E-state index contributed by atoms with van der Waals surface area (Å²) in [7, 11) is 0. The standard InChI is InChI=1S/C37H24N4O2/c1-21-14-22(2)34(23(3)15-21)41-36(42)30-11-7-13-32(33(30)37(41)43)40-31-12-5-4-8-28(31)29-10-6-9-27(35(29)40)26-17-24(19-38)16-25(18-26)20-39/h4-18H,1-3H3. The first-order chi connectivity index (χ1) is 20.8. The largest absolute Gasteiger partial charge is 0.308 e. The van der Waals surface area contributed by atoms with Crippen molar-refractivity contribution >= 4 is 39.3 Å². The molecule has 7 rings (SSSR count). The number of aromatic nitrogens is 1. The van der Waals surface area contributed by atoms with Gasteiger partial charge in [0.05, 0.1) is 56.8 Å². The Hall–Kier alpha value is -5.98. The molecule has 43 heavy (non-hydrogen) atoms. The lowest BCUT2D eigenvalue weighted by molar-refractivity contribution is 0.0925. The maximum absolute atomic E-state index is 14.3. The van der Waals surface area contributed by atoms with Crippen LogP contribution in [0, 0.1) is 43.4 Å². The van der Waals surface area contributed by atoms with E-state index >= 15 is 0 Å². The van der Waals surface area contributed by atoms with Gasteiger partial charge >= 0.3 is 0 Å². The van der Waals surface area contributed by atoms with Gasteiger partial charge < -0.3 is 4.57 Å². The number of nitriles is 2. The molecule has 6 nitrogen and oxygen atoms in total. The molecule has 204 valence electrons. The third-order valence-corrected chi connectivity index (χ3v) is 8.19. The zero-order valence-electron chi connectivity index (χ0n) is 23.8. The maximum atomic E-state index is 14.3. The number of aryl methyl sites for hydroxylation is 3. The van der Waals surface area contributed by atoms with Crippen LogP contribution in [0.1, 0.15) is 48.5 Å². The van der Waals surface area contributed by atoms with Crippen LogP contribution in [-0.2, 0) is 0 Å². The summed E-state index contributed by atoms with van der Waals surface area (Å²) in [5.41, 5.74) is 8.66. The van der Waals surface area contributed by atoms with Crippen LogP contribution in [0.2, 0.25) is 0 Å². The monoisotopic (exact) mass is 556 g/mol. The summed E-state index contributed by atoms with van der Waals surface area (Å²) < 4.78 is 2.04. The number of fused-ring (bicyclic) bond motifs is 4. The molecule has 1 aromatic heterocycles. The van der Waals surface area contributed by atoms with Gasteiger partial charge in [0.2, 0.25) is 0 Å². The quantitative estimate of drug-likeness (QED) is 0.207. The highest BCUT2D eigenvalue weighted by molar-refractivity contribution is 6.36. The van der Waals surface area contributed by atoms with Crippen molar-refractivity contribution in [3.8, 4) is 29.0 Å². The average molecular weight is 557 g/mol. The summed E-state index contributed by atoms with van der Waals surface area (Å²) in [4.78, 5) is 29.5. The summed E-state index contributed by atoms with van der Waals surface area (Å²) in [5, 5.41) is 21.3. The third kappa shape index (κ3) is 3.78. The summed E-state index contributed by atoms with van der Waals surface area (Å²) in [6.45, 7) is 5.84. The number of para-hydroxylation sites is 2. The molecule has 0 bridgehead atoms. The molecule has 2 heterocycles. The van der Waals surface area contributed by atoms with Crippen LogP contribution in [0.15, 0.2) is 91.0 Å². The summed E-state index contributed by atoms with van der Waals surface area (Å²) in [6.07, 6.45) is 0. The van der Waals surface area contributed by atoms with E-state index in [0.29, 0.717) is 39.2 Å². The number of benzene rings is 5. The average Bonchev–Trinajstić information content (AvgIpc) is 3.48. The predicted molar refractivity (Wildman–Crippen MR) is 167 cm³/mol. The van der Waals surface area contributed by atoms with Gasteiger partial charge in [-0.15, -0.1) is 0 Å². The van der Waals surface area contributed by atoms with Crippen molar-refractivity contribution in [2.24, 2.45) is 0 Å². The zero-order chi connectivity index (χ0) is 30.0. The minimum absolute atomic E-state index is 0.341. The van der Waals surface area contributed by atoms with E-state index in [1.165, 1.54) is 4.90 Å². The van der Waals surface area contributed by atoms with Gasteiger partial charge in [-0.2, -0.15) is 10.5 Å². The first-order valence-corrected chi connectivity index (χ1v) is 13.9. The molecule has 0 saturated carbocycles. The molecule has 0 unspecified atom stereocenters.